The monoisotopic (exact) mass is 310 g/mol. The lowest BCUT2D eigenvalue weighted by Crippen LogP contribution is -2.40. The molecular weight excluding hydrogens is 288 g/mol. The molecule has 1 unspecified atom stereocenters. The van der Waals surface area contributed by atoms with Crippen molar-refractivity contribution in [3.63, 3.8) is 0 Å². The summed E-state index contributed by atoms with van der Waals surface area (Å²) in [6.07, 6.45) is 5.82. The first kappa shape index (κ1) is 13.9. The number of fused-ring (bicyclic) bond motifs is 1. The Labute approximate surface area is 129 Å². The van der Waals surface area contributed by atoms with Gasteiger partial charge in [0.1, 0.15) is 6.10 Å². The summed E-state index contributed by atoms with van der Waals surface area (Å²) >= 11 is 0. The van der Waals surface area contributed by atoms with Crippen molar-refractivity contribution in [3.05, 3.63) is 0 Å². The highest BCUT2D eigenvalue weighted by atomic mass is 16.8. The number of carbonyl (C=O) groups is 1. The highest BCUT2D eigenvalue weighted by molar-refractivity contribution is 5.90. The second-order valence-electron chi connectivity index (χ2n) is 7.19. The SMILES string of the molecule is O=C1[C@H]2OC3(CCCC3)O[C@H]2O[C@@H]1C1COC2(CCCC2)O1. The van der Waals surface area contributed by atoms with Crippen LogP contribution in [-0.4, -0.2) is 48.6 Å². The van der Waals surface area contributed by atoms with Gasteiger partial charge < -0.3 is 23.7 Å². The van der Waals surface area contributed by atoms with Gasteiger partial charge in [-0.25, -0.2) is 0 Å². The molecule has 5 rings (SSSR count). The summed E-state index contributed by atoms with van der Waals surface area (Å²) in [6, 6.07) is 0. The zero-order chi connectivity index (χ0) is 14.8. The molecule has 4 atom stereocenters. The van der Waals surface area contributed by atoms with Gasteiger partial charge in [0.15, 0.2) is 35.9 Å². The fraction of sp³-hybridized carbons (Fsp3) is 0.938. The zero-order valence-electron chi connectivity index (χ0n) is 12.6. The lowest BCUT2D eigenvalue weighted by atomic mass is 10.1. The quantitative estimate of drug-likeness (QED) is 0.734. The smallest absolute Gasteiger partial charge is 0.198 e. The van der Waals surface area contributed by atoms with E-state index in [0.29, 0.717) is 6.61 Å². The van der Waals surface area contributed by atoms with E-state index in [1.807, 2.05) is 0 Å². The maximum absolute atomic E-state index is 12.7. The van der Waals surface area contributed by atoms with Gasteiger partial charge in [0.25, 0.3) is 0 Å². The Morgan fingerprint density at radius 3 is 2.18 bits per heavy atom. The normalized spacial score (nSPS) is 45.4. The van der Waals surface area contributed by atoms with Gasteiger partial charge in [0.2, 0.25) is 0 Å². The molecule has 0 radical (unpaired) electrons. The van der Waals surface area contributed by atoms with Gasteiger partial charge in [0, 0.05) is 25.7 Å². The van der Waals surface area contributed by atoms with Crippen molar-refractivity contribution in [2.75, 3.05) is 6.61 Å². The number of ketones is 1. The Morgan fingerprint density at radius 1 is 0.818 bits per heavy atom. The van der Waals surface area contributed by atoms with Crippen molar-refractivity contribution in [1.29, 1.82) is 0 Å². The minimum Gasteiger partial charge on any atom is -0.347 e. The summed E-state index contributed by atoms with van der Waals surface area (Å²) < 4.78 is 29.7. The third kappa shape index (κ3) is 1.94. The molecule has 3 saturated heterocycles. The molecule has 0 N–H and O–H groups in total. The summed E-state index contributed by atoms with van der Waals surface area (Å²) in [5, 5.41) is 0. The van der Waals surface area contributed by atoms with E-state index in [4.69, 9.17) is 23.7 Å². The second kappa shape index (κ2) is 4.74. The second-order valence-corrected chi connectivity index (χ2v) is 7.19. The Hall–Kier alpha value is -0.530. The van der Waals surface area contributed by atoms with E-state index in [1.165, 1.54) is 0 Å². The van der Waals surface area contributed by atoms with Crippen molar-refractivity contribution < 1.29 is 28.5 Å². The predicted octanol–water partition coefficient (Wildman–Crippen LogP) is 1.65. The van der Waals surface area contributed by atoms with Crippen molar-refractivity contribution >= 4 is 5.78 Å². The molecular formula is C16H22O6. The lowest BCUT2D eigenvalue weighted by Gasteiger charge is -2.26. The summed E-state index contributed by atoms with van der Waals surface area (Å²) in [7, 11) is 0. The molecule has 6 heteroatoms. The topological polar surface area (TPSA) is 63.2 Å². The fourth-order valence-electron chi connectivity index (χ4n) is 4.58. The molecule has 0 bridgehead atoms. The molecule has 2 spiro atoms. The standard InChI is InChI=1S/C16H22O6/c17-11-12(10-9-18-15(20-10)5-1-2-6-15)19-14-13(11)21-16(22-14)7-3-4-8-16/h10,12-14H,1-9H2/t10?,12-,13-,14-/m1/s1. The Balaban J connectivity index is 1.28. The van der Waals surface area contributed by atoms with Crippen LogP contribution < -0.4 is 0 Å². The average Bonchev–Trinajstić information content (AvgIpc) is 3.29. The Bertz CT molecular complexity index is 479. The van der Waals surface area contributed by atoms with Crippen LogP contribution in [0.25, 0.3) is 0 Å². The molecule has 0 aromatic heterocycles. The van der Waals surface area contributed by atoms with Gasteiger partial charge in [-0.2, -0.15) is 0 Å². The van der Waals surface area contributed by atoms with Crippen molar-refractivity contribution in [3.8, 4) is 0 Å². The number of Topliss-reactive ketones (excluding diaryl/α,β-unsaturated/α-hetero) is 1. The van der Waals surface area contributed by atoms with Crippen LogP contribution in [0.1, 0.15) is 51.4 Å². The average molecular weight is 310 g/mol. The molecule has 0 aromatic rings. The third-order valence-electron chi connectivity index (χ3n) is 5.71. The first-order chi connectivity index (χ1) is 10.7. The van der Waals surface area contributed by atoms with Gasteiger partial charge in [-0.15, -0.1) is 0 Å². The van der Waals surface area contributed by atoms with E-state index in [9.17, 15) is 4.79 Å². The molecule has 122 valence electrons. The highest BCUT2D eigenvalue weighted by Crippen LogP contribution is 2.47. The molecule has 6 nitrogen and oxygen atoms in total. The predicted molar refractivity (Wildman–Crippen MR) is 72.8 cm³/mol. The molecule has 3 aliphatic heterocycles. The minimum atomic E-state index is -0.617. The summed E-state index contributed by atoms with van der Waals surface area (Å²) in [5.74, 6) is -1.09. The summed E-state index contributed by atoms with van der Waals surface area (Å²) in [6.45, 7) is 0.418. The molecule has 2 aliphatic carbocycles. The maximum atomic E-state index is 12.7. The van der Waals surface area contributed by atoms with Crippen molar-refractivity contribution in [2.24, 2.45) is 0 Å². The molecule has 0 aromatic carbocycles. The van der Waals surface area contributed by atoms with E-state index in [-0.39, 0.29) is 11.9 Å². The van der Waals surface area contributed by atoms with Gasteiger partial charge in [-0.1, -0.05) is 0 Å². The van der Waals surface area contributed by atoms with E-state index in [0.717, 1.165) is 51.4 Å². The lowest BCUT2D eigenvalue weighted by molar-refractivity contribution is -0.232. The first-order valence-corrected chi connectivity index (χ1v) is 8.55. The minimum absolute atomic E-state index is 0.0441. The van der Waals surface area contributed by atoms with Crippen molar-refractivity contribution in [2.45, 2.75) is 87.5 Å². The van der Waals surface area contributed by atoms with E-state index in [2.05, 4.69) is 0 Å². The van der Waals surface area contributed by atoms with Gasteiger partial charge in [-0.3, -0.25) is 4.79 Å². The van der Waals surface area contributed by atoms with Crippen LogP contribution in [0.4, 0.5) is 0 Å². The molecule has 2 saturated carbocycles. The summed E-state index contributed by atoms with van der Waals surface area (Å²) in [4.78, 5) is 12.7. The van der Waals surface area contributed by atoms with E-state index < -0.39 is 30.1 Å². The number of rotatable bonds is 1. The van der Waals surface area contributed by atoms with Crippen LogP contribution in [0.2, 0.25) is 0 Å². The molecule has 5 aliphatic rings. The van der Waals surface area contributed by atoms with Crippen LogP contribution >= 0.6 is 0 Å². The van der Waals surface area contributed by atoms with Gasteiger partial charge >= 0.3 is 0 Å². The van der Waals surface area contributed by atoms with E-state index in [1.54, 1.807) is 0 Å². The highest BCUT2D eigenvalue weighted by Gasteiger charge is 2.61. The number of carbonyl (C=O) groups excluding carboxylic acids is 1. The third-order valence-corrected chi connectivity index (χ3v) is 5.71. The first-order valence-electron chi connectivity index (χ1n) is 8.55. The summed E-state index contributed by atoms with van der Waals surface area (Å²) in [5.41, 5.74) is 0. The molecule has 0 amide bonds. The largest absolute Gasteiger partial charge is 0.347 e. The van der Waals surface area contributed by atoms with Crippen molar-refractivity contribution in [1.82, 2.24) is 0 Å². The number of hydrogen-bond acceptors (Lipinski definition) is 6. The van der Waals surface area contributed by atoms with Gasteiger partial charge in [0.05, 0.1) is 6.61 Å². The maximum Gasteiger partial charge on any atom is 0.198 e. The van der Waals surface area contributed by atoms with Gasteiger partial charge in [-0.05, 0) is 25.7 Å². The zero-order valence-corrected chi connectivity index (χ0v) is 12.6. The molecule has 5 fully saturated rings. The number of ether oxygens (including phenoxy) is 5. The van der Waals surface area contributed by atoms with Crippen LogP contribution in [0, 0.1) is 0 Å². The fourth-order valence-corrected chi connectivity index (χ4v) is 4.58. The Kier molecular flexibility index (Phi) is 2.99. The van der Waals surface area contributed by atoms with E-state index >= 15 is 0 Å². The number of hydrogen-bond donors (Lipinski definition) is 0. The van der Waals surface area contributed by atoms with Crippen LogP contribution in [0.3, 0.4) is 0 Å². The Morgan fingerprint density at radius 2 is 1.50 bits per heavy atom. The van der Waals surface area contributed by atoms with Crippen LogP contribution in [0.15, 0.2) is 0 Å². The van der Waals surface area contributed by atoms with Crippen LogP contribution in [-0.2, 0) is 28.5 Å². The van der Waals surface area contributed by atoms with Crippen LogP contribution in [0.5, 0.6) is 0 Å². The molecule has 22 heavy (non-hydrogen) atoms. The molecule has 3 heterocycles.